The maximum absolute atomic E-state index is 13.2. The van der Waals surface area contributed by atoms with Crippen LogP contribution in [0.25, 0.3) is 0 Å². The van der Waals surface area contributed by atoms with Crippen LogP contribution in [-0.2, 0) is 0 Å². The third kappa shape index (κ3) is 1.51. The Kier molecular flexibility index (Phi) is 2.05. The van der Waals surface area contributed by atoms with Crippen LogP contribution in [0.5, 0.6) is 0 Å². The van der Waals surface area contributed by atoms with Crippen molar-refractivity contribution in [3.8, 4) is 0 Å². The molecule has 0 bridgehead atoms. The summed E-state index contributed by atoms with van der Waals surface area (Å²) in [6.45, 7) is 0. The van der Waals surface area contributed by atoms with Crippen LogP contribution in [0, 0.1) is 11.6 Å². The summed E-state index contributed by atoms with van der Waals surface area (Å²) >= 11 is 0. The lowest BCUT2D eigenvalue weighted by Crippen LogP contribution is -2.31. The van der Waals surface area contributed by atoms with Crippen LogP contribution in [0.15, 0.2) is 18.2 Å². The fourth-order valence-corrected chi connectivity index (χ4v) is 1.45. The van der Waals surface area contributed by atoms with E-state index < -0.39 is 23.3 Å². The number of aliphatic hydroxyl groups excluding tert-OH is 1. The van der Waals surface area contributed by atoms with Gasteiger partial charge in [0.25, 0.3) is 0 Å². The molecule has 1 saturated carbocycles. The Morgan fingerprint density at radius 2 is 2.00 bits per heavy atom. The summed E-state index contributed by atoms with van der Waals surface area (Å²) in [6, 6.07) is 3.01. The molecule has 0 amide bonds. The van der Waals surface area contributed by atoms with Gasteiger partial charge in [0.2, 0.25) is 0 Å². The number of rotatable bonds is 2. The van der Waals surface area contributed by atoms with Crippen LogP contribution < -0.4 is 5.73 Å². The van der Waals surface area contributed by atoms with Gasteiger partial charge in [-0.05, 0) is 31.0 Å². The normalized spacial score (nSPS) is 20.6. The minimum absolute atomic E-state index is 0.0509. The molecule has 1 aliphatic rings. The topological polar surface area (TPSA) is 46.2 Å². The summed E-state index contributed by atoms with van der Waals surface area (Å²) in [5.41, 5.74) is 4.90. The highest BCUT2D eigenvalue weighted by atomic mass is 19.1. The van der Waals surface area contributed by atoms with Gasteiger partial charge in [-0.2, -0.15) is 0 Å². The number of aliphatic hydroxyl groups is 1. The van der Waals surface area contributed by atoms with E-state index in [4.69, 9.17) is 5.73 Å². The summed E-state index contributed by atoms with van der Waals surface area (Å²) in [5, 5.41) is 9.69. The second-order valence-corrected chi connectivity index (χ2v) is 3.80. The van der Waals surface area contributed by atoms with E-state index in [1.165, 1.54) is 0 Å². The molecule has 1 fully saturated rings. The van der Waals surface area contributed by atoms with E-state index in [1.807, 2.05) is 0 Å². The standard InChI is InChI=1S/C10H11F2NO/c11-6-1-2-8(12)7(5-6)9(14)10(13)3-4-10/h1-2,5,9,14H,3-4,13H2. The highest BCUT2D eigenvalue weighted by Gasteiger charge is 2.46. The van der Waals surface area contributed by atoms with Crippen LogP contribution in [0.1, 0.15) is 24.5 Å². The number of hydrogen-bond donors (Lipinski definition) is 2. The molecule has 14 heavy (non-hydrogen) atoms. The summed E-state index contributed by atoms with van der Waals surface area (Å²) in [5.74, 6) is -1.18. The van der Waals surface area contributed by atoms with Gasteiger partial charge in [0.1, 0.15) is 11.6 Å². The van der Waals surface area contributed by atoms with Crippen LogP contribution in [0.2, 0.25) is 0 Å². The van der Waals surface area contributed by atoms with Gasteiger partial charge in [0.05, 0.1) is 6.10 Å². The first-order valence-corrected chi connectivity index (χ1v) is 4.45. The molecule has 76 valence electrons. The number of nitrogens with two attached hydrogens (primary N) is 1. The fraction of sp³-hybridized carbons (Fsp3) is 0.400. The zero-order valence-corrected chi connectivity index (χ0v) is 7.50. The molecule has 0 radical (unpaired) electrons. The van der Waals surface area contributed by atoms with Gasteiger partial charge in [0, 0.05) is 11.1 Å². The molecular weight excluding hydrogens is 188 g/mol. The SMILES string of the molecule is NC1(C(O)c2cc(F)ccc2F)CC1. The molecule has 0 spiro atoms. The molecule has 2 rings (SSSR count). The Balaban J connectivity index is 2.35. The third-order valence-corrected chi connectivity index (χ3v) is 2.62. The second-order valence-electron chi connectivity index (χ2n) is 3.80. The van der Waals surface area contributed by atoms with E-state index in [0.717, 1.165) is 18.2 Å². The van der Waals surface area contributed by atoms with Gasteiger partial charge < -0.3 is 10.8 Å². The Bertz CT molecular complexity index is 363. The van der Waals surface area contributed by atoms with Crippen molar-refractivity contribution in [2.24, 2.45) is 5.73 Å². The van der Waals surface area contributed by atoms with Crippen molar-refractivity contribution in [2.75, 3.05) is 0 Å². The van der Waals surface area contributed by atoms with E-state index in [0.29, 0.717) is 12.8 Å². The Morgan fingerprint density at radius 1 is 1.36 bits per heavy atom. The predicted molar refractivity (Wildman–Crippen MR) is 47.5 cm³/mol. The minimum Gasteiger partial charge on any atom is -0.386 e. The summed E-state index contributed by atoms with van der Waals surface area (Å²) < 4.78 is 26.0. The van der Waals surface area contributed by atoms with E-state index in [2.05, 4.69) is 0 Å². The molecule has 3 N–H and O–H groups in total. The van der Waals surface area contributed by atoms with E-state index in [-0.39, 0.29) is 5.56 Å². The first kappa shape index (κ1) is 9.55. The molecule has 1 atom stereocenters. The average molecular weight is 199 g/mol. The molecule has 1 aromatic carbocycles. The number of halogens is 2. The van der Waals surface area contributed by atoms with Gasteiger partial charge in [-0.3, -0.25) is 0 Å². The van der Waals surface area contributed by atoms with E-state index >= 15 is 0 Å². The van der Waals surface area contributed by atoms with Gasteiger partial charge >= 0.3 is 0 Å². The molecule has 0 heterocycles. The van der Waals surface area contributed by atoms with Crippen molar-refractivity contribution in [1.29, 1.82) is 0 Å². The lowest BCUT2D eigenvalue weighted by Gasteiger charge is -2.18. The molecule has 0 saturated heterocycles. The zero-order valence-electron chi connectivity index (χ0n) is 7.50. The Labute approximate surface area is 80.4 Å². The molecule has 1 aromatic rings. The van der Waals surface area contributed by atoms with Crippen molar-refractivity contribution < 1.29 is 13.9 Å². The zero-order chi connectivity index (χ0) is 10.3. The number of hydrogen-bond acceptors (Lipinski definition) is 2. The predicted octanol–water partition coefficient (Wildman–Crippen LogP) is 1.49. The molecule has 0 aromatic heterocycles. The highest BCUT2D eigenvalue weighted by Crippen LogP contribution is 2.43. The average Bonchev–Trinajstić information content (AvgIpc) is 2.88. The Morgan fingerprint density at radius 3 is 2.57 bits per heavy atom. The summed E-state index contributed by atoms with van der Waals surface area (Å²) in [7, 11) is 0. The van der Waals surface area contributed by atoms with Gasteiger partial charge in [-0.1, -0.05) is 0 Å². The molecular formula is C10H11F2NO. The Hall–Kier alpha value is -1.00. The van der Waals surface area contributed by atoms with Gasteiger partial charge in [-0.15, -0.1) is 0 Å². The van der Waals surface area contributed by atoms with Crippen LogP contribution in [-0.4, -0.2) is 10.6 Å². The summed E-state index contributed by atoms with van der Waals surface area (Å²) in [6.07, 6.45) is 0.173. The lowest BCUT2D eigenvalue weighted by molar-refractivity contribution is 0.131. The maximum atomic E-state index is 13.2. The van der Waals surface area contributed by atoms with Crippen LogP contribution in [0.4, 0.5) is 8.78 Å². The molecule has 4 heteroatoms. The first-order chi connectivity index (χ1) is 6.53. The quantitative estimate of drug-likeness (QED) is 0.758. The van der Waals surface area contributed by atoms with Crippen molar-refractivity contribution in [2.45, 2.75) is 24.5 Å². The maximum Gasteiger partial charge on any atom is 0.129 e. The molecule has 1 unspecified atom stereocenters. The van der Waals surface area contributed by atoms with E-state index in [1.54, 1.807) is 0 Å². The van der Waals surface area contributed by atoms with Crippen molar-refractivity contribution in [3.05, 3.63) is 35.4 Å². The fourth-order valence-electron chi connectivity index (χ4n) is 1.45. The van der Waals surface area contributed by atoms with Gasteiger partial charge in [0.15, 0.2) is 0 Å². The second kappa shape index (κ2) is 3.00. The number of benzene rings is 1. The molecule has 2 nitrogen and oxygen atoms in total. The summed E-state index contributed by atoms with van der Waals surface area (Å²) in [4.78, 5) is 0. The molecule has 1 aliphatic carbocycles. The minimum atomic E-state index is -1.11. The van der Waals surface area contributed by atoms with Crippen LogP contribution in [0.3, 0.4) is 0 Å². The van der Waals surface area contributed by atoms with E-state index in [9.17, 15) is 13.9 Å². The third-order valence-electron chi connectivity index (χ3n) is 2.62. The van der Waals surface area contributed by atoms with Crippen molar-refractivity contribution in [1.82, 2.24) is 0 Å². The smallest absolute Gasteiger partial charge is 0.129 e. The van der Waals surface area contributed by atoms with Crippen molar-refractivity contribution >= 4 is 0 Å². The largest absolute Gasteiger partial charge is 0.386 e. The molecule has 0 aliphatic heterocycles. The first-order valence-electron chi connectivity index (χ1n) is 4.45. The highest BCUT2D eigenvalue weighted by molar-refractivity contribution is 5.26. The van der Waals surface area contributed by atoms with Crippen molar-refractivity contribution in [3.63, 3.8) is 0 Å². The van der Waals surface area contributed by atoms with Gasteiger partial charge in [-0.25, -0.2) is 8.78 Å². The lowest BCUT2D eigenvalue weighted by atomic mass is 10.0. The van der Waals surface area contributed by atoms with Crippen LogP contribution >= 0.6 is 0 Å². The monoisotopic (exact) mass is 199 g/mol.